The van der Waals surface area contributed by atoms with Gasteiger partial charge in [0.05, 0.1) is 0 Å². The number of aliphatic carboxylic acids is 1. The van der Waals surface area contributed by atoms with Crippen LogP contribution in [0.15, 0.2) is 11.5 Å². The van der Waals surface area contributed by atoms with Crippen molar-refractivity contribution in [2.45, 2.75) is 30.2 Å². The monoisotopic (exact) mass is 201 g/mol. The Morgan fingerprint density at radius 2 is 2.62 bits per heavy atom. The first-order valence-electron chi connectivity index (χ1n) is 3.99. The van der Waals surface area contributed by atoms with E-state index in [2.05, 4.69) is 15.2 Å². The van der Waals surface area contributed by atoms with Gasteiger partial charge < -0.3 is 5.11 Å². The molecule has 72 valence electrons. The summed E-state index contributed by atoms with van der Waals surface area (Å²) in [5.41, 5.74) is 0. The van der Waals surface area contributed by atoms with Crippen molar-refractivity contribution in [3.63, 3.8) is 0 Å². The Morgan fingerprint density at radius 3 is 3.08 bits per heavy atom. The second-order valence-corrected chi connectivity index (χ2v) is 3.72. The molecular weight excluding hydrogens is 190 g/mol. The summed E-state index contributed by atoms with van der Waals surface area (Å²) < 4.78 is 0. The highest BCUT2D eigenvalue weighted by Crippen LogP contribution is 2.22. The molecule has 0 aliphatic carbocycles. The molecule has 0 aliphatic rings. The third-order valence-electron chi connectivity index (χ3n) is 1.47. The van der Waals surface area contributed by atoms with E-state index in [1.165, 1.54) is 18.1 Å². The molecule has 13 heavy (non-hydrogen) atoms. The molecule has 6 heteroatoms. The summed E-state index contributed by atoms with van der Waals surface area (Å²) in [6.45, 7) is 1.96. The number of H-pyrrole nitrogens is 1. The predicted octanol–water partition coefficient (Wildman–Crippen LogP) is 1.15. The fraction of sp³-hybridized carbons (Fsp3) is 0.571. The van der Waals surface area contributed by atoms with Gasteiger partial charge in [-0.2, -0.15) is 5.10 Å². The summed E-state index contributed by atoms with van der Waals surface area (Å²) >= 11 is 1.20. The molecule has 0 bridgehead atoms. The fourth-order valence-corrected chi connectivity index (χ4v) is 1.82. The molecule has 0 aliphatic heterocycles. The number of rotatable bonds is 5. The van der Waals surface area contributed by atoms with Crippen LogP contribution < -0.4 is 0 Å². The van der Waals surface area contributed by atoms with E-state index in [1.807, 2.05) is 6.92 Å². The molecule has 0 radical (unpaired) electrons. The van der Waals surface area contributed by atoms with Gasteiger partial charge in [0.25, 0.3) is 0 Å². The molecule has 2 N–H and O–H groups in total. The summed E-state index contributed by atoms with van der Waals surface area (Å²) in [5.74, 6) is -0.803. The molecule has 1 aromatic heterocycles. The van der Waals surface area contributed by atoms with E-state index in [9.17, 15) is 4.79 Å². The van der Waals surface area contributed by atoms with Gasteiger partial charge in [0, 0.05) is 0 Å². The molecule has 1 rings (SSSR count). The van der Waals surface area contributed by atoms with E-state index in [0.29, 0.717) is 11.6 Å². The zero-order valence-electron chi connectivity index (χ0n) is 7.23. The number of hydrogen-bond acceptors (Lipinski definition) is 4. The molecular formula is C7H11N3O2S. The van der Waals surface area contributed by atoms with Gasteiger partial charge in [0.1, 0.15) is 11.6 Å². The van der Waals surface area contributed by atoms with Crippen LogP contribution in [-0.2, 0) is 4.79 Å². The first-order valence-corrected chi connectivity index (χ1v) is 4.86. The third-order valence-corrected chi connectivity index (χ3v) is 2.61. The maximum atomic E-state index is 10.7. The molecule has 0 saturated carbocycles. The Kier molecular flexibility index (Phi) is 3.75. The van der Waals surface area contributed by atoms with Gasteiger partial charge in [0.2, 0.25) is 0 Å². The summed E-state index contributed by atoms with van der Waals surface area (Å²) in [6.07, 6.45) is 2.85. The van der Waals surface area contributed by atoms with Crippen molar-refractivity contribution < 1.29 is 9.90 Å². The van der Waals surface area contributed by atoms with E-state index >= 15 is 0 Å². The molecule has 0 spiro atoms. The second-order valence-electron chi connectivity index (χ2n) is 2.52. The summed E-state index contributed by atoms with van der Waals surface area (Å²) in [5, 5.41) is 15.2. The lowest BCUT2D eigenvalue weighted by Crippen LogP contribution is -2.15. The van der Waals surface area contributed by atoms with Crippen molar-refractivity contribution >= 4 is 17.7 Å². The molecule has 1 aromatic rings. The van der Waals surface area contributed by atoms with Crippen molar-refractivity contribution in [3.8, 4) is 0 Å². The van der Waals surface area contributed by atoms with Crippen molar-refractivity contribution in [2.24, 2.45) is 0 Å². The first-order chi connectivity index (χ1) is 6.24. The second kappa shape index (κ2) is 4.86. The number of aromatic nitrogens is 3. The van der Waals surface area contributed by atoms with Crippen LogP contribution in [0.1, 0.15) is 19.8 Å². The lowest BCUT2D eigenvalue weighted by molar-refractivity contribution is -0.136. The van der Waals surface area contributed by atoms with Crippen LogP contribution in [0.5, 0.6) is 0 Å². The molecule has 5 nitrogen and oxygen atoms in total. The molecule has 0 saturated heterocycles. The Hall–Kier alpha value is -1.04. The van der Waals surface area contributed by atoms with E-state index in [1.54, 1.807) is 0 Å². The minimum absolute atomic E-state index is 0.432. The molecule has 1 unspecified atom stereocenters. The largest absolute Gasteiger partial charge is 0.480 e. The van der Waals surface area contributed by atoms with E-state index in [4.69, 9.17) is 5.11 Å². The van der Waals surface area contributed by atoms with Crippen molar-refractivity contribution in [3.05, 3.63) is 6.33 Å². The normalized spacial score (nSPS) is 12.7. The predicted molar refractivity (Wildman–Crippen MR) is 48.6 cm³/mol. The minimum atomic E-state index is -0.803. The van der Waals surface area contributed by atoms with Gasteiger partial charge >= 0.3 is 5.97 Å². The molecule has 1 heterocycles. The first kappa shape index (κ1) is 10.0. The molecule has 0 fully saturated rings. The quantitative estimate of drug-likeness (QED) is 0.698. The van der Waals surface area contributed by atoms with E-state index in [-0.39, 0.29) is 0 Å². The van der Waals surface area contributed by atoms with Crippen LogP contribution in [0.25, 0.3) is 0 Å². The average Bonchev–Trinajstić information content (AvgIpc) is 2.56. The number of aromatic amines is 1. The summed E-state index contributed by atoms with van der Waals surface area (Å²) in [6, 6.07) is 0. The fourth-order valence-electron chi connectivity index (χ4n) is 0.881. The van der Waals surface area contributed by atoms with Crippen LogP contribution >= 0.6 is 11.8 Å². The SMILES string of the molecule is CCCC(Sc1ncn[nH]1)C(=O)O. The minimum Gasteiger partial charge on any atom is -0.480 e. The zero-order valence-corrected chi connectivity index (χ0v) is 8.04. The highest BCUT2D eigenvalue weighted by atomic mass is 32.2. The number of thioether (sulfide) groups is 1. The zero-order chi connectivity index (χ0) is 9.68. The number of hydrogen-bond donors (Lipinski definition) is 2. The Labute approximate surface area is 80.0 Å². The average molecular weight is 201 g/mol. The van der Waals surface area contributed by atoms with Crippen molar-refractivity contribution in [1.82, 2.24) is 15.2 Å². The number of carboxylic acid groups (broad SMARTS) is 1. The van der Waals surface area contributed by atoms with Crippen molar-refractivity contribution in [1.29, 1.82) is 0 Å². The van der Waals surface area contributed by atoms with Crippen molar-refractivity contribution in [2.75, 3.05) is 0 Å². The summed E-state index contributed by atoms with van der Waals surface area (Å²) in [7, 11) is 0. The maximum Gasteiger partial charge on any atom is 0.317 e. The van der Waals surface area contributed by atoms with Crippen LogP contribution in [0.3, 0.4) is 0 Å². The summed E-state index contributed by atoms with van der Waals surface area (Å²) in [4.78, 5) is 14.6. The smallest absolute Gasteiger partial charge is 0.317 e. The maximum absolute atomic E-state index is 10.7. The number of nitrogens with zero attached hydrogens (tertiary/aromatic N) is 2. The lowest BCUT2D eigenvalue weighted by atomic mass is 10.2. The van der Waals surface area contributed by atoms with E-state index < -0.39 is 11.2 Å². The van der Waals surface area contributed by atoms with Crippen LogP contribution in [-0.4, -0.2) is 31.5 Å². The highest BCUT2D eigenvalue weighted by molar-refractivity contribution is 8.00. The molecule has 0 aromatic carbocycles. The van der Waals surface area contributed by atoms with Crippen LogP contribution in [0, 0.1) is 0 Å². The van der Waals surface area contributed by atoms with Gasteiger partial charge in [0.15, 0.2) is 5.16 Å². The lowest BCUT2D eigenvalue weighted by Gasteiger charge is -2.07. The topological polar surface area (TPSA) is 78.9 Å². The molecule has 0 amide bonds. The van der Waals surface area contributed by atoms with Crippen LogP contribution in [0.4, 0.5) is 0 Å². The van der Waals surface area contributed by atoms with Gasteiger partial charge in [-0.25, -0.2) is 4.98 Å². The van der Waals surface area contributed by atoms with Gasteiger partial charge in [-0.15, -0.1) is 0 Å². The Morgan fingerprint density at radius 1 is 1.85 bits per heavy atom. The number of nitrogens with one attached hydrogen (secondary N) is 1. The standard InChI is InChI=1S/C7H11N3O2S/c1-2-3-5(6(11)12)13-7-8-4-9-10-7/h4-5H,2-3H2,1H3,(H,11,12)(H,8,9,10). The number of carboxylic acids is 1. The highest BCUT2D eigenvalue weighted by Gasteiger charge is 2.18. The number of carbonyl (C=O) groups is 1. The third kappa shape index (κ3) is 3.06. The van der Waals surface area contributed by atoms with Gasteiger partial charge in [-0.1, -0.05) is 25.1 Å². The van der Waals surface area contributed by atoms with E-state index in [0.717, 1.165) is 6.42 Å². The Bertz CT molecular complexity index is 263. The Balaban J connectivity index is 2.52. The van der Waals surface area contributed by atoms with Gasteiger partial charge in [-0.05, 0) is 6.42 Å². The molecule has 1 atom stereocenters. The van der Waals surface area contributed by atoms with Gasteiger partial charge in [-0.3, -0.25) is 9.89 Å². The van der Waals surface area contributed by atoms with Crippen LogP contribution in [0.2, 0.25) is 0 Å².